The van der Waals surface area contributed by atoms with E-state index in [0.717, 1.165) is 26.3 Å². The summed E-state index contributed by atoms with van der Waals surface area (Å²) in [6, 6.07) is 17.8. The van der Waals surface area contributed by atoms with Crippen LogP contribution >= 0.6 is 0 Å². The Morgan fingerprint density at radius 1 is 0.500 bits per heavy atom. The summed E-state index contributed by atoms with van der Waals surface area (Å²) >= 11 is 0. The molecule has 0 N–H and O–H groups in total. The van der Waals surface area contributed by atoms with Gasteiger partial charge >= 0.3 is 59.7 Å². The first-order chi connectivity index (χ1) is 38.8. The summed E-state index contributed by atoms with van der Waals surface area (Å²) in [6.45, 7) is 7.77. The van der Waals surface area contributed by atoms with E-state index in [9.17, 15) is 52.7 Å². The molecule has 24 nitrogen and oxygen atoms in total. The summed E-state index contributed by atoms with van der Waals surface area (Å²) in [5.41, 5.74) is 1.17. The van der Waals surface area contributed by atoms with Crippen LogP contribution in [0.5, 0.6) is 17.2 Å². The quantitative estimate of drug-likeness (QED) is 0.0254. The van der Waals surface area contributed by atoms with Crippen LogP contribution in [0.4, 0.5) is 11.4 Å². The molecule has 4 aromatic carbocycles. The topological polar surface area (TPSA) is 296 Å². The van der Waals surface area contributed by atoms with Crippen molar-refractivity contribution in [2.75, 3.05) is 69.6 Å². The average Bonchev–Trinajstić information content (AvgIpc) is 1.87. The van der Waals surface area contributed by atoms with E-state index in [1.807, 2.05) is 26.8 Å². The van der Waals surface area contributed by atoms with Gasteiger partial charge in [0.15, 0.2) is 11.4 Å². The minimum absolute atomic E-state index is 0.00625. The Hall–Kier alpha value is -9.35. The van der Waals surface area contributed by atoms with Gasteiger partial charge in [-0.1, -0.05) is 43.7 Å². The fourth-order valence-corrected chi connectivity index (χ4v) is 9.34. The van der Waals surface area contributed by atoms with Gasteiger partial charge in [-0.15, -0.1) is 0 Å². The normalized spacial score (nSPS) is 12.9. The second-order valence-electron chi connectivity index (χ2n) is 19.4. The van der Waals surface area contributed by atoms with Crippen LogP contribution in [0.3, 0.4) is 0 Å². The van der Waals surface area contributed by atoms with Crippen LogP contribution in [0.25, 0.3) is 0 Å². The molecule has 0 bridgehead atoms. The Labute approximate surface area is 471 Å². The highest BCUT2D eigenvalue weighted by Crippen LogP contribution is 2.58. The van der Waals surface area contributed by atoms with Crippen molar-refractivity contribution in [1.29, 1.82) is 0 Å². The summed E-state index contributed by atoms with van der Waals surface area (Å²) in [4.78, 5) is 142. The first-order valence-corrected chi connectivity index (χ1v) is 25.6. The molecule has 0 saturated heterocycles. The number of hydrogen-bond donors (Lipinski definition) is 0. The number of nitrogens with zero attached hydrogens (tertiary/aromatic N) is 2. The third-order valence-corrected chi connectivity index (χ3v) is 12.8. The van der Waals surface area contributed by atoms with Crippen LogP contribution < -0.4 is 24.0 Å². The zero-order valence-corrected chi connectivity index (χ0v) is 46.7. The Morgan fingerprint density at radius 3 is 1.46 bits per heavy atom. The summed E-state index contributed by atoms with van der Waals surface area (Å²) in [7, 11) is 0. The van der Waals surface area contributed by atoms with Crippen molar-refractivity contribution in [1.82, 2.24) is 0 Å². The van der Waals surface area contributed by atoms with E-state index in [0.29, 0.717) is 33.5 Å². The molecule has 82 heavy (non-hydrogen) atoms. The first-order valence-electron chi connectivity index (χ1n) is 25.6. The zero-order chi connectivity index (χ0) is 60.1. The van der Waals surface area contributed by atoms with E-state index in [4.69, 9.17) is 52.1 Å². The van der Waals surface area contributed by atoms with E-state index in [1.165, 1.54) is 54.8 Å². The second-order valence-corrected chi connectivity index (χ2v) is 19.4. The number of aryl methyl sites for hydroxylation is 2. The molecule has 6 rings (SSSR count). The van der Waals surface area contributed by atoms with E-state index in [-0.39, 0.29) is 78.9 Å². The fourth-order valence-electron chi connectivity index (χ4n) is 9.34. The molecule has 4 aromatic rings. The van der Waals surface area contributed by atoms with E-state index >= 15 is 0 Å². The van der Waals surface area contributed by atoms with Gasteiger partial charge in [0.05, 0.1) is 31.0 Å². The molecular weight excluding hydrogens is 1080 g/mol. The van der Waals surface area contributed by atoms with Crippen LogP contribution in [0.1, 0.15) is 118 Å². The highest BCUT2D eigenvalue weighted by Gasteiger charge is 2.56. The molecule has 0 saturated carbocycles. The second kappa shape index (κ2) is 27.2. The van der Waals surface area contributed by atoms with Gasteiger partial charge in [0.2, 0.25) is 20.4 Å². The maximum atomic E-state index is 14.7. The van der Waals surface area contributed by atoms with E-state index in [2.05, 4.69) is 0 Å². The fraction of sp³-hybridized carbons (Fsp3) is 0.397. The van der Waals surface area contributed by atoms with Gasteiger partial charge in [-0.2, -0.15) is 0 Å². The number of Topliss-reactive ketones (excluding diaryl/α,β-unsaturated/α-hetero) is 1. The molecule has 1 heterocycles. The Morgan fingerprint density at radius 2 is 0.988 bits per heavy atom. The molecule has 2 aliphatic rings. The van der Waals surface area contributed by atoms with Crippen LogP contribution in [-0.4, -0.2) is 125 Å². The van der Waals surface area contributed by atoms with Crippen LogP contribution in [-0.2, 0) is 103 Å². The van der Waals surface area contributed by atoms with Crippen molar-refractivity contribution >= 4 is 76.9 Å². The number of hydrogen-bond acceptors (Lipinski definition) is 24. The van der Waals surface area contributed by atoms with Crippen LogP contribution in [0.15, 0.2) is 66.7 Å². The van der Waals surface area contributed by atoms with Crippen molar-refractivity contribution in [3.63, 3.8) is 0 Å². The number of esters is 10. The number of benzene rings is 4. The van der Waals surface area contributed by atoms with Crippen molar-refractivity contribution < 1.29 is 105 Å². The minimum Gasteiger partial charge on any atom is -0.491 e. The maximum absolute atomic E-state index is 14.7. The van der Waals surface area contributed by atoms with E-state index < -0.39 is 111 Å². The van der Waals surface area contributed by atoms with Crippen LogP contribution in [0, 0.1) is 6.92 Å². The minimum atomic E-state index is -1.83. The number of rotatable bonds is 26. The largest absolute Gasteiger partial charge is 0.491 e. The predicted octanol–water partition coefficient (Wildman–Crippen LogP) is 5.29. The zero-order valence-electron chi connectivity index (χ0n) is 46.7. The molecule has 0 amide bonds. The van der Waals surface area contributed by atoms with Gasteiger partial charge < -0.3 is 61.9 Å². The molecule has 0 atom stereocenters. The van der Waals surface area contributed by atoms with Crippen LogP contribution in [0.2, 0.25) is 0 Å². The number of ketones is 1. The molecule has 1 aliphatic carbocycles. The van der Waals surface area contributed by atoms with Gasteiger partial charge in [-0.3, -0.25) is 47.9 Å². The summed E-state index contributed by atoms with van der Waals surface area (Å²) in [6.07, 6.45) is 0.263. The van der Waals surface area contributed by atoms with Crippen molar-refractivity contribution in [2.24, 2.45) is 0 Å². The third-order valence-electron chi connectivity index (χ3n) is 12.8. The third kappa shape index (κ3) is 15.7. The lowest BCUT2D eigenvalue weighted by atomic mass is 9.61. The monoisotopic (exact) mass is 1140 g/mol. The number of anilines is 2. The summed E-state index contributed by atoms with van der Waals surface area (Å²) in [5, 5.41) is 0. The van der Waals surface area contributed by atoms with Crippen molar-refractivity contribution in [3.8, 4) is 17.2 Å². The number of carbonyl (C=O) groups excluding carboxylic acids is 11. The average molecular weight is 1140 g/mol. The molecule has 436 valence electrons. The van der Waals surface area contributed by atoms with Gasteiger partial charge in [0, 0.05) is 75.8 Å². The number of carbonyl (C=O) groups is 11. The molecule has 1 spiro atoms. The molecule has 0 fully saturated rings. The van der Waals surface area contributed by atoms with Gasteiger partial charge in [0.25, 0.3) is 0 Å². The molecule has 1 aliphatic heterocycles. The SMILES string of the molecule is CC(=O)OCCC(=O)CN(CC(=O)OCOC(C)=O)c1ccc(C)cc1CCCOc1cc2c(cc1N(CC(=O)OCOC(C)=O)CC(=O)OCOC(C)=O)C1(OC2=O)c2ccc(OC(C)=O)cc2C(C)(C)c2cc(OC(C)=O)ccc21. The van der Waals surface area contributed by atoms with Crippen molar-refractivity contribution in [3.05, 3.63) is 111 Å². The Kier molecular flexibility index (Phi) is 20.5. The Balaban J connectivity index is 1.47. The predicted molar refractivity (Wildman–Crippen MR) is 283 cm³/mol. The molecule has 24 heteroatoms. The van der Waals surface area contributed by atoms with Gasteiger partial charge in [-0.25, -0.2) is 4.79 Å². The lowest BCUT2D eigenvalue weighted by Crippen LogP contribution is -2.41. The molecule has 0 aromatic heterocycles. The van der Waals surface area contributed by atoms with Gasteiger partial charge in [0.1, 0.15) is 36.9 Å². The summed E-state index contributed by atoms with van der Waals surface area (Å²) in [5.74, 6) is -7.78. The first kappa shape index (κ1) is 61.9. The molecule has 0 unspecified atom stereocenters. The Bertz CT molecular complexity index is 3040. The molecule has 0 radical (unpaired) electrons. The summed E-state index contributed by atoms with van der Waals surface area (Å²) < 4.78 is 59.1. The lowest BCUT2D eigenvalue weighted by Gasteiger charge is -2.44. The number of fused-ring (bicyclic) bond motifs is 6. The van der Waals surface area contributed by atoms with E-state index in [1.54, 1.807) is 36.4 Å². The van der Waals surface area contributed by atoms with Crippen molar-refractivity contribution in [2.45, 2.75) is 92.6 Å². The standard InChI is InChI=1S/C58H62N2O22/c1-33-12-17-50(59(26-41(67)18-20-72-34(2)61)27-53(68)77-30-74-35(3)62)40(21-33)11-10-19-73-52-24-44-47(25-51(52)60(28-54(69)78-31-75-36(4)63)29-55(70)79-32-76-37(5)64)58(82-56(44)71)45-15-13-42(80-38(6)65)22-48(45)57(8,9)49-23-43(81-39(7)66)14-16-46(49)58/h12-17,21-25H,10-11,18-20,26-32H2,1-9H3. The lowest BCUT2D eigenvalue weighted by molar-refractivity contribution is -0.167. The highest BCUT2D eigenvalue weighted by atomic mass is 16.7. The molecular formula is C58H62N2O22. The smallest absolute Gasteiger partial charge is 0.340 e. The maximum Gasteiger partial charge on any atom is 0.340 e. The number of ether oxygens (including phenoxy) is 11. The highest BCUT2D eigenvalue weighted by molar-refractivity contribution is 5.99. The van der Waals surface area contributed by atoms with Gasteiger partial charge in [-0.05, 0) is 78.9 Å².